The van der Waals surface area contributed by atoms with E-state index >= 15 is 0 Å². The zero-order chi connectivity index (χ0) is 33.3. The first-order valence-electron chi connectivity index (χ1n) is 16.8. The van der Waals surface area contributed by atoms with Gasteiger partial charge in [-0.3, -0.25) is 0 Å². The Bertz CT molecular complexity index is 2420. The molecule has 7 aromatic carbocycles. The van der Waals surface area contributed by atoms with Crippen LogP contribution >= 0.6 is 0 Å². The zero-order valence-corrected chi connectivity index (χ0v) is 27.1. The smallest absolute Gasteiger partial charge is 0.164 e. The van der Waals surface area contributed by atoms with Crippen LogP contribution in [0.2, 0.25) is 0 Å². The first-order chi connectivity index (χ1) is 24.8. The van der Waals surface area contributed by atoms with Crippen molar-refractivity contribution in [3.63, 3.8) is 0 Å². The highest BCUT2D eigenvalue weighted by atomic mass is 16.5. The van der Waals surface area contributed by atoms with Crippen LogP contribution in [0.5, 0.6) is 11.5 Å². The standard InChI is InChI=1S/C46H31N3O/c1-4-17-32(18-5-1)34-21-16-22-35(31-34)44-47-43(33-19-6-2-7-20-33)48-45(49-44)37-25-10-11-26-38(37)46(36-23-8-3-9-24-36)39-27-12-14-29-41(39)50-42-30-15-13-28-40(42)46/h1-31H. The minimum Gasteiger partial charge on any atom is -0.457 e. The van der Waals surface area contributed by atoms with Crippen molar-refractivity contribution in [3.8, 4) is 56.8 Å². The molecule has 0 radical (unpaired) electrons. The molecule has 0 saturated carbocycles. The summed E-state index contributed by atoms with van der Waals surface area (Å²) in [5.74, 6) is 3.48. The second-order valence-corrected chi connectivity index (χ2v) is 12.4. The number of hydrogen-bond donors (Lipinski definition) is 0. The topological polar surface area (TPSA) is 47.9 Å². The Morgan fingerprint density at radius 2 is 0.800 bits per heavy atom. The first-order valence-corrected chi connectivity index (χ1v) is 16.8. The van der Waals surface area contributed by atoms with Crippen molar-refractivity contribution in [3.05, 3.63) is 210 Å². The second-order valence-electron chi connectivity index (χ2n) is 12.4. The summed E-state index contributed by atoms with van der Waals surface area (Å²) in [6.45, 7) is 0. The lowest BCUT2D eigenvalue weighted by molar-refractivity contribution is 0.434. The molecule has 4 heteroatoms. The Balaban J connectivity index is 1.33. The summed E-state index contributed by atoms with van der Waals surface area (Å²) in [5.41, 5.74) is 8.59. The molecule has 0 aliphatic carbocycles. The average Bonchev–Trinajstić information content (AvgIpc) is 3.21. The van der Waals surface area contributed by atoms with Gasteiger partial charge in [0.25, 0.3) is 0 Å². The molecule has 8 aromatic rings. The molecule has 1 aliphatic rings. The van der Waals surface area contributed by atoms with E-state index in [1.54, 1.807) is 0 Å². The van der Waals surface area contributed by atoms with Gasteiger partial charge in [-0.25, -0.2) is 15.0 Å². The Morgan fingerprint density at radius 1 is 0.340 bits per heavy atom. The van der Waals surface area contributed by atoms with Crippen LogP contribution in [0.1, 0.15) is 22.3 Å². The zero-order valence-electron chi connectivity index (χ0n) is 27.1. The van der Waals surface area contributed by atoms with Crippen molar-refractivity contribution in [2.24, 2.45) is 0 Å². The van der Waals surface area contributed by atoms with Gasteiger partial charge in [0, 0.05) is 27.8 Å². The third-order valence-electron chi connectivity index (χ3n) is 9.48. The van der Waals surface area contributed by atoms with E-state index in [-0.39, 0.29) is 0 Å². The van der Waals surface area contributed by atoms with E-state index in [0.717, 1.165) is 61.6 Å². The molecule has 0 N–H and O–H groups in total. The lowest BCUT2D eigenvalue weighted by Crippen LogP contribution is -2.34. The molecule has 0 unspecified atom stereocenters. The van der Waals surface area contributed by atoms with E-state index in [9.17, 15) is 0 Å². The molecular formula is C46H31N3O. The summed E-state index contributed by atoms with van der Waals surface area (Å²) >= 11 is 0. The van der Waals surface area contributed by atoms with E-state index in [4.69, 9.17) is 19.7 Å². The highest BCUT2D eigenvalue weighted by Crippen LogP contribution is 2.56. The quantitative estimate of drug-likeness (QED) is 0.181. The molecular weight excluding hydrogens is 611 g/mol. The number of hydrogen-bond acceptors (Lipinski definition) is 4. The molecule has 1 aromatic heterocycles. The predicted octanol–water partition coefficient (Wildman–Crippen LogP) is 11.0. The van der Waals surface area contributed by atoms with Gasteiger partial charge in [0.05, 0.1) is 5.41 Å². The number of benzene rings is 7. The monoisotopic (exact) mass is 641 g/mol. The molecule has 0 saturated heterocycles. The molecule has 0 bridgehead atoms. The molecule has 0 atom stereocenters. The Morgan fingerprint density at radius 3 is 1.46 bits per heavy atom. The molecule has 0 spiro atoms. The molecule has 2 heterocycles. The number of para-hydroxylation sites is 2. The Kier molecular flexibility index (Phi) is 7.33. The van der Waals surface area contributed by atoms with Crippen molar-refractivity contribution in [1.82, 2.24) is 15.0 Å². The fourth-order valence-electron chi connectivity index (χ4n) is 7.25. The first kappa shape index (κ1) is 29.5. The Hall–Kier alpha value is -6.65. The SMILES string of the molecule is c1ccc(-c2cccc(-c3nc(-c4ccccc4)nc(-c4ccccc4C4(c5ccccc5)c5ccccc5Oc5ccccc54)n3)c2)cc1. The molecule has 50 heavy (non-hydrogen) atoms. The molecule has 4 nitrogen and oxygen atoms in total. The minimum absolute atomic E-state index is 0.603. The van der Waals surface area contributed by atoms with Crippen molar-refractivity contribution in [1.29, 1.82) is 0 Å². The summed E-state index contributed by atoms with van der Waals surface area (Å²) in [4.78, 5) is 15.6. The van der Waals surface area contributed by atoms with E-state index in [2.05, 4.69) is 140 Å². The van der Waals surface area contributed by atoms with Crippen LogP contribution in [0.3, 0.4) is 0 Å². The fourth-order valence-corrected chi connectivity index (χ4v) is 7.25. The number of fused-ring (bicyclic) bond motifs is 2. The number of rotatable bonds is 6. The van der Waals surface area contributed by atoms with E-state index in [0.29, 0.717) is 17.5 Å². The van der Waals surface area contributed by atoms with Gasteiger partial charge in [-0.05, 0) is 40.5 Å². The maximum Gasteiger partial charge on any atom is 0.164 e. The van der Waals surface area contributed by atoms with Gasteiger partial charge in [-0.15, -0.1) is 0 Å². The highest BCUT2D eigenvalue weighted by Gasteiger charge is 2.46. The van der Waals surface area contributed by atoms with Gasteiger partial charge in [0.2, 0.25) is 0 Å². The van der Waals surface area contributed by atoms with Crippen molar-refractivity contribution >= 4 is 0 Å². The van der Waals surface area contributed by atoms with Gasteiger partial charge >= 0.3 is 0 Å². The van der Waals surface area contributed by atoms with Crippen LogP contribution in [-0.2, 0) is 5.41 Å². The van der Waals surface area contributed by atoms with Crippen molar-refractivity contribution < 1.29 is 4.74 Å². The van der Waals surface area contributed by atoms with Gasteiger partial charge in [0.15, 0.2) is 17.5 Å². The van der Waals surface area contributed by atoms with Gasteiger partial charge < -0.3 is 4.74 Å². The second kappa shape index (κ2) is 12.4. The van der Waals surface area contributed by atoms with Gasteiger partial charge in [-0.1, -0.05) is 170 Å². The summed E-state index contributed by atoms with van der Waals surface area (Å²) in [5, 5.41) is 0. The predicted molar refractivity (Wildman–Crippen MR) is 200 cm³/mol. The van der Waals surface area contributed by atoms with E-state index in [1.807, 2.05) is 48.5 Å². The summed E-state index contributed by atoms with van der Waals surface area (Å²) in [6.07, 6.45) is 0. The highest BCUT2D eigenvalue weighted by molar-refractivity contribution is 5.78. The third-order valence-corrected chi connectivity index (χ3v) is 9.48. The van der Waals surface area contributed by atoms with E-state index in [1.165, 1.54) is 0 Å². The normalized spacial score (nSPS) is 12.7. The van der Waals surface area contributed by atoms with Gasteiger partial charge in [-0.2, -0.15) is 0 Å². The third kappa shape index (κ3) is 4.97. The van der Waals surface area contributed by atoms with E-state index < -0.39 is 5.41 Å². The molecule has 236 valence electrons. The summed E-state index contributed by atoms with van der Waals surface area (Å²) in [7, 11) is 0. The van der Waals surface area contributed by atoms with Gasteiger partial charge in [0.1, 0.15) is 11.5 Å². The molecule has 0 amide bonds. The maximum absolute atomic E-state index is 6.58. The van der Waals surface area contributed by atoms with Crippen LogP contribution in [0.15, 0.2) is 188 Å². The van der Waals surface area contributed by atoms with Crippen LogP contribution in [-0.4, -0.2) is 15.0 Å². The lowest BCUT2D eigenvalue weighted by atomic mass is 9.62. The number of aromatic nitrogens is 3. The molecule has 1 aliphatic heterocycles. The van der Waals surface area contributed by atoms with Crippen LogP contribution in [0.25, 0.3) is 45.3 Å². The average molecular weight is 642 g/mol. The Labute approximate surface area is 291 Å². The largest absolute Gasteiger partial charge is 0.457 e. The van der Waals surface area contributed by atoms with Crippen LogP contribution < -0.4 is 4.74 Å². The molecule has 0 fully saturated rings. The van der Waals surface area contributed by atoms with Crippen LogP contribution in [0.4, 0.5) is 0 Å². The number of ether oxygens (including phenoxy) is 1. The maximum atomic E-state index is 6.58. The minimum atomic E-state index is -0.726. The summed E-state index contributed by atoms with van der Waals surface area (Å²) in [6, 6.07) is 64.9. The van der Waals surface area contributed by atoms with Crippen LogP contribution in [0, 0.1) is 0 Å². The lowest BCUT2D eigenvalue weighted by Gasteiger charge is -2.42. The summed E-state index contributed by atoms with van der Waals surface area (Å²) < 4.78 is 6.58. The number of nitrogens with zero attached hydrogens (tertiary/aromatic N) is 3. The van der Waals surface area contributed by atoms with Crippen molar-refractivity contribution in [2.75, 3.05) is 0 Å². The molecule has 9 rings (SSSR count). The fraction of sp³-hybridized carbons (Fsp3) is 0.0217. The van der Waals surface area contributed by atoms with Crippen molar-refractivity contribution in [2.45, 2.75) is 5.41 Å².